The molecule has 4 fully saturated rings. The molecule has 2 unspecified atom stereocenters. The SMILES string of the molecule is CCC1=CC(CP(=O)(C2CCCCC2)C2CCCCC2)N(O)C(CP(=O)(C2CCCCC2)C2CCCCC2)C1. The Morgan fingerprint density at radius 3 is 1.36 bits per heavy atom. The topological polar surface area (TPSA) is 57.6 Å². The van der Waals surface area contributed by atoms with Crippen molar-refractivity contribution in [3.8, 4) is 0 Å². The third kappa shape index (κ3) is 7.03. The van der Waals surface area contributed by atoms with Crippen molar-refractivity contribution < 1.29 is 14.3 Å². The summed E-state index contributed by atoms with van der Waals surface area (Å²) >= 11 is 0. The van der Waals surface area contributed by atoms with Crippen LogP contribution < -0.4 is 0 Å². The molecule has 2 atom stereocenters. The van der Waals surface area contributed by atoms with Crippen molar-refractivity contribution in [1.82, 2.24) is 5.06 Å². The summed E-state index contributed by atoms with van der Waals surface area (Å²) in [6, 6.07) is -0.240. The Balaban J connectivity index is 1.40. The molecule has 4 aliphatic carbocycles. The van der Waals surface area contributed by atoms with E-state index in [2.05, 4.69) is 13.0 Å². The predicted molar refractivity (Wildman–Crippen MR) is 167 cm³/mol. The van der Waals surface area contributed by atoms with E-state index in [1.807, 2.05) is 0 Å². The minimum absolute atomic E-state index is 0.0733. The van der Waals surface area contributed by atoms with E-state index in [1.165, 1.54) is 82.6 Å². The lowest BCUT2D eigenvalue weighted by molar-refractivity contribution is -0.141. The van der Waals surface area contributed by atoms with E-state index in [0.29, 0.717) is 35.0 Å². The molecule has 1 heterocycles. The summed E-state index contributed by atoms with van der Waals surface area (Å²) < 4.78 is 30.4. The molecule has 0 aromatic heterocycles. The predicted octanol–water partition coefficient (Wildman–Crippen LogP) is 10.2. The zero-order chi connectivity index (χ0) is 27.3. The van der Waals surface area contributed by atoms with Crippen LogP contribution in [0, 0.1) is 0 Å². The Morgan fingerprint density at radius 1 is 0.641 bits per heavy atom. The molecule has 5 aliphatic rings. The highest BCUT2D eigenvalue weighted by Crippen LogP contribution is 2.65. The van der Waals surface area contributed by atoms with Crippen LogP contribution in [0.4, 0.5) is 0 Å². The fraction of sp³-hybridized carbons (Fsp3) is 0.939. The molecule has 0 aromatic carbocycles. The first kappa shape index (κ1) is 30.6. The van der Waals surface area contributed by atoms with Crippen LogP contribution in [0.5, 0.6) is 0 Å². The van der Waals surface area contributed by atoms with Gasteiger partial charge < -0.3 is 14.3 Å². The van der Waals surface area contributed by atoms with Crippen LogP contribution in [-0.4, -0.2) is 57.3 Å². The summed E-state index contributed by atoms with van der Waals surface area (Å²) in [5.74, 6) is 0. The number of hydrogen-bond acceptors (Lipinski definition) is 4. The van der Waals surface area contributed by atoms with Crippen LogP contribution in [0.15, 0.2) is 11.6 Å². The maximum absolute atomic E-state index is 15.2. The molecule has 5 rings (SSSR count). The molecule has 39 heavy (non-hydrogen) atoms. The van der Waals surface area contributed by atoms with E-state index >= 15 is 9.13 Å². The van der Waals surface area contributed by atoms with Gasteiger partial charge in [0, 0.05) is 41.0 Å². The molecule has 1 N–H and O–H groups in total. The Hall–Kier alpha value is 0.120. The summed E-state index contributed by atoms with van der Waals surface area (Å²) in [6.07, 6.45) is 29.4. The van der Waals surface area contributed by atoms with Crippen molar-refractivity contribution in [2.45, 2.75) is 183 Å². The molecule has 6 heteroatoms. The first-order chi connectivity index (χ1) is 18.9. The second kappa shape index (κ2) is 14.1. The Bertz CT molecular complexity index is 851. The van der Waals surface area contributed by atoms with Crippen molar-refractivity contribution in [2.24, 2.45) is 0 Å². The van der Waals surface area contributed by atoms with Gasteiger partial charge in [-0.1, -0.05) is 95.6 Å². The summed E-state index contributed by atoms with van der Waals surface area (Å²) in [4.78, 5) is 0. The van der Waals surface area contributed by atoms with E-state index in [9.17, 15) is 5.21 Å². The minimum atomic E-state index is -2.46. The van der Waals surface area contributed by atoms with Crippen LogP contribution in [0.3, 0.4) is 0 Å². The first-order valence-corrected chi connectivity index (χ1v) is 21.3. The maximum atomic E-state index is 15.2. The zero-order valence-corrected chi connectivity index (χ0v) is 26.9. The summed E-state index contributed by atoms with van der Waals surface area (Å²) in [5, 5.41) is 13.5. The third-order valence-corrected chi connectivity index (χ3v) is 20.8. The van der Waals surface area contributed by atoms with E-state index < -0.39 is 14.3 Å². The summed E-state index contributed by atoms with van der Waals surface area (Å²) in [5.41, 5.74) is 2.85. The average Bonchev–Trinajstić information content (AvgIpc) is 3.00. The first-order valence-electron chi connectivity index (χ1n) is 17.3. The van der Waals surface area contributed by atoms with Gasteiger partial charge in [0.25, 0.3) is 0 Å². The van der Waals surface area contributed by atoms with Gasteiger partial charge in [0.1, 0.15) is 0 Å². The Labute approximate surface area is 240 Å². The third-order valence-electron chi connectivity index (χ3n) is 11.8. The number of hydroxylamine groups is 2. The molecule has 224 valence electrons. The summed E-state index contributed by atoms with van der Waals surface area (Å²) in [6.45, 7) is 2.23. The highest BCUT2D eigenvalue weighted by atomic mass is 31.2. The average molecular weight is 580 g/mol. The fourth-order valence-electron chi connectivity index (χ4n) is 9.52. The number of hydrogen-bond donors (Lipinski definition) is 1. The second-order valence-corrected chi connectivity index (χ2v) is 21.3. The van der Waals surface area contributed by atoms with Gasteiger partial charge >= 0.3 is 0 Å². The van der Waals surface area contributed by atoms with Crippen LogP contribution in [0.1, 0.15) is 148 Å². The lowest BCUT2D eigenvalue weighted by Gasteiger charge is -2.45. The van der Waals surface area contributed by atoms with Crippen molar-refractivity contribution in [1.29, 1.82) is 0 Å². The lowest BCUT2D eigenvalue weighted by atomic mass is 9.97. The smallest absolute Gasteiger partial charge is 0.0955 e. The summed E-state index contributed by atoms with van der Waals surface area (Å²) in [7, 11) is -4.90. The molecule has 0 spiro atoms. The lowest BCUT2D eigenvalue weighted by Crippen LogP contribution is -2.48. The van der Waals surface area contributed by atoms with Gasteiger partial charge in [-0.15, -0.1) is 0 Å². The van der Waals surface area contributed by atoms with E-state index in [1.54, 1.807) is 5.06 Å². The minimum Gasteiger partial charge on any atom is -0.323 e. The number of nitrogens with zero attached hydrogens (tertiary/aromatic N) is 1. The van der Waals surface area contributed by atoms with Gasteiger partial charge in [-0.25, -0.2) is 0 Å². The van der Waals surface area contributed by atoms with Crippen molar-refractivity contribution in [2.75, 3.05) is 12.3 Å². The molecular formula is C33H59NO3P2. The van der Waals surface area contributed by atoms with Crippen LogP contribution in [0.2, 0.25) is 0 Å². The molecule has 0 bridgehead atoms. The number of rotatable bonds is 9. The van der Waals surface area contributed by atoms with Gasteiger partial charge in [0.2, 0.25) is 0 Å². The molecule has 0 saturated heterocycles. The highest BCUT2D eigenvalue weighted by molar-refractivity contribution is 7.65. The monoisotopic (exact) mass is 579 g/mol. The van der Waals surface area contributed by atoms with E-state index in [0.717, 1.165) is 64.2 Å². The molecule has 0 aromatic rings. The van der Waals surface area contributed by atoms with Crippen molar-refractivity contribution in [3.63, 3.8) is 0 Å². The van der Waals surface area contributed by atoms with Gasteiger partial charge in [0.15, 0.2) is 0 Å². The standard InChI is InChI=1S/C33H59NO3P2/c1-2-27-23-28(25-38(36,30-15-7-3-8-16-30)31-17-9-4-10-18-31)34(35)29(24-27)26-39(37,32-19-11-5-12-20-32)33-21-13-6-14-22-33/h23,28-33,35H,2-22,24-26H2,1H3. The quantitative estimate of drug-likeness (QED) is 0.218. The van der Waals surface area contributed by atoms with Crippen LogP contribution in [0.25, 0.3) is 0 Å². The van der Waals surface area contributed by atoms with Gasteiger partial charge in [-0.05, 0) is 64.2 Å². The van der Waals surface area contributed by atoms with Crippen LogP contribution in [-0.2, 0) is 9.13 Å². The van der Waals surface area contributed by atoms with Crippen molar-refractivity contribution in [3.05, 3.63) is 11.6 Å². The second-order valence-electron chi connectivity index (χ2n) is 14.2. The molecular weight excluding hydrogens is 520 g/mol. The van der Waals surface area contributed by atoms with E-state index in [4.69, 9.17) is 0 Å². The van der Waals surface area contributed by atoms with Gasteiger partial charge in [0.05, 0.1) is 20.3 Å². The Kier molecular flexibility index (Phi) is 11.0. The molecule has 0 amide bonds. The van der Waals surface area contributed by atoms with Gasteiger partial charge in [-0.3, -0.25) is 0 Å². The normalized spacial score (nSPS) is 30.4. The molecule has 0 radical (unpaired) electrons. The van der Waals surface area contributed by atoms with E-state index in [-0.39, 0.29) is 12.1 Å². The Morgan fingerprint density at radius 2 is 1.00 bits per heavy atom. The molecule has 4 saturated carbocycles. The van der Waals surface area contributed by atoms with Crippen molar-refractivity contribution >= 4 is 14.3 Å². The molecule has 1 aliphatic heterocycles. The van der Waals surface area contributed by atoms with Crippen LogP contribution >= 0.6 is 14.3 Å². The fourth-order valence-corrected chi connectivity index (χ4v) is 18.7. The van der Waals surface area contributed by atoms with Gasteiger partial charge in [-0.2, -0.15) is 5.06 Å². The molecule has 4 nitrogen and oxygen atoms in total. The zero-order valence-electron chi connectivity index (χ0n) is 25.1. The maximum Gasteiger partial charge on any atom is 0.0955 e. The highest BCUT2D eigenvalue weighted by Gasteiger charge is 2.47. The largest absolute Gasteiger partial charge is 0.323 e.